The van der Waals surface area contributed by atoms with Crippen molar-refractivity contribution in [2.24, 2.45) is 0 Å². The molecule has 0 radical (unpaired) electrons. The number of hydrogen-bond donors (Lipinski definition) is 0. The van der Waals surface area contributed by atoms with Crippen molar-refractivity contribution >= 4 is 35.4 Å². The number of esters is 1. The highest BCUT2D eigenvalue weighted by molar-refractivity contribution is 8.16. The van der Waals surface area contributed by atoms with E-state index in [9.17, 15) is 9.59 Å². The molecule has 0 aliphatic carbocycles. The summed E-state index contributed by atoms with van der Waals surface area (Å²) in [5, 5.41) is 0. The van der Waals surface area contributed by atoms with Crippen molar-refractivity contribution in [2.45, 2.75) is 24.0 Å². The van der Waals surface area contributed by atoms with E-state index in [4.69, 9.17) is 14.2 Å². The SMILES string of the molecule is COc1cc2c(cc1OC)CN(C(=O)COC(=O)c1ccc(C3SCCCS3)cc1)CC2. The summed E-state index contributed by atoms with van der Waals surface area (Å²) in [5.74, 6) is 2.99. The van der Waals surface area contributed by atoms with Gasteiger partial charge < -0.3 is 19.1 Å². The van der Waals surface area contributed by atoms with Gasteiger partial charge in [0.15, 0.2) is 18.1 Å². The smallest absolute Gasteiger partial charge is 0.338 e. The van der Waals surface area contributed by atoms with Crippen molar-refractivity contribution in [3.63, 3.8) is 0 Å². The molecule has 1 amide bonds. The molecule has 1 saturated heterocycles. The fraction of sp³-hybridized carbons (Fsp3) is 0.417. The largest absolute Gasteiger partial charge is 0.493 e. The Hall–Kier alpha value is -2.32. The number of methoxy groups -OCH3 is 2. The lowest BCUT2D eigenvalue weighted by atomic mass is 9.99. The number of amides is 1. The summed E-state index contributed by atoms with van der Waals surface area (Å²) >= 11 is 3.88. The highest BCUT2D eigenvalue weighted by Crippen LogP contribution is 2.43. The van der Waals surface area contributed by atoms with Gasteiger partial charge in [0.25, 0.3) is 5.91 Å². The molecule has 4 rings (SSSR count). The molecule has 6 nitrogen and oxygen atoms in total. The van der Waals surface area contributed by atoms with Crippen molar-refractivity contribution in [3.8, 4) is 11.5 Å². The van der Waals surface area contributed by atoms with Crippen LogP contribution in [0.3, 0.4) is 0 Å². The van der Waals surface area contributed by atoms with Gasteiger partial charge in [-0.3, -0.25) is 4.79 Å². The number of carbonyl (C=O) groups excluding carboxylic acids is 2. The predicted octanol–water partition coefficient (Wildman–Crippen LogP) is 4.31. The summed E-state index contributed by atoms with van der Waals surface area (Å²) in [7, 11) is 3.20. The quantitative estimate of drug-likeness (QED) is 0.579. The van der Waals surface area contributed by atoms with Gasteiger partial charge >= 0.3 is 5.97 Å². The van der Waals surface area contributed by atoms with E-state index in [0.29, 0.717) is 41.2 Å². The summed E-state index contributed by atoms with van der Waals surface area (Å²) in [6.07, 6.45) is 1.96. The van der Waals surface area contributed by atoms with E-state index in [2.05, 4.69) is 0 Å². The van der Waals surface area contributed by atoms with Gasteiger partial charge in [-0.2, -0.15) is 0 Å². The van der Waals surface area contributed by atoms with Gasteiger partial charge in [-0.1, -0.05) is 12.1 Å². The Kier molecular flexibility index (Phi) is 7.52. The molecule has 2 aliphatic rings. The molecule has 2 aromatic rings. The average Bonchev–Trinajstić information content (AvgIpc) is 2.86. The first-order chi connectivity index (χ1) is 15.6. The van der Waals surface area contributed by atoms with E-state index in [-0.39, 0.29) is 12.5 Å². The third kappa shape index (κ3) is 5.18. The first kappa shape index (κ1) is 22.9. The van der Waals surface area contributed by atoms with Crippen LogP contribution in [0.5, 0.6) is 11.5 Å². The Morgan fingerprint density at radius 2 is 1.66 bits per heavy atom. The lowest BCUT2D eigenvalue weighted by molar-refractivity contribution is -0.135. The summed E-state index contributed by atoms with van der Waals surface area (Å²) in [6.45, 7) is 0.763. The fourth-order valence-electron chi connectivity index (χ4n) is 3.85. The van der Waals surface area contributed by atoms with Gasteiger partial charge in [-0.05, 0) is 65.3 Å². The fourth-order valence-corrected chi connectivity index (χ4v) is 6.75. The maximum Gasteiger partial charge on any atom is 0.338 e. The zero-order chi connectivity index (χ0) is 22.5. The van der Waals surface area contributed by atoms with Gasteiger partial charge in [0.05, 0.1) is 24.4 Å². The molecule has 2 heterocycles. The maximum absolute atomic E-state index is 12.7. The topological polar surface area (TPSA) is 65.1 Å². The van der Waals surface area contributed by atoms with Crippen LogP contribution in [0.15, 0.2) is 36.4 Å². The normalized spacial score (nSPS) is 16.2. The second-order valence-corrected chi connectivity index (χ2v) is 10.4. The van der Waals surface area contributed by atoms with Crippen LogP contribution < -0.4 is 9.47 Å². The second kappa shape index (κ2) is 10.5. The number of benzene rings is 2. The zero-order valence-electron chi connectivity index (χ0n) is 18.3. The molecular weight excluding hydrogens is 446 g/mol. The Morgan fingerprint density at radius 3 is 2.31 bits per heavy atom. The van der Waals surface area contributed by atoms with E-state index < -0.39 is 5.97 Å². The van der Waals surface area contributed by atoms with Gasteiger partial charge in [-0.15, -0.1) is 23.5 Å². The van der Waals surface area contributed by atoms with Crippen LogP contribution in [0.25, 0.3) is 0 Å². The van der Waals surface area contributed by atoms with Gasteiger partial charge in [0, 0.05) is 13.1 Å². The Morgan fingerprint density at radius 1 is 1.00 bits per heavy atom. The van der Waals surface area contributed by atoms with Crippen LogP contribution in [-0.4, -0.2) is 55.7 Å². The molecule has 0 N–H and O–H groups in total. The number of ether oxygens (including phenoxy) is 3. The van der Waals surface area contributed by atoms with Crippen molar-refractivity contribution in [3.05, 3.63) is 58.7 Å². The van der Waals surface area contributed by atoms with Crippen molar-refractivity contribution in [1.29, 1.82) is 0 Å². The third-order valence-corrected chi connectivity index (χ3v) is 8.66. The molecule has 0 unspecified atom stereocenters. The second-order valence-electron chi connectivity index (χ2n) is 7.67. The Labute approximate surface area is 197 Å². The standard InChI is InChI=1S/C24H27NO5S2/c1-28-20-12-18-8-9-25(14-19(18)13-21(20)29-2)22(26)15-30-23(27)16-4-6-17(7-5-16)24-31-10-3-11-32-24/h4-7,12-13,24H,3,8-11,14-15H2,1-2H3. The molecule has 0 saturated carbocycles. The lowest BCUT2D eigenvalue weighted by Crippen LogP contribution is -2.38. The molecule has 32 heavy (non-hydrogen) atoms. The van der Waals surface area contributed by atoms with Crippen LogP contribution >= 0.6 is 23.5 Å². The molecule has 1 fully saturated rings. The molecule has 2 aromatic carbocycles. The molecule has 2 aliphatic heterocycles. The lowest BCUT2D eigenvalue weighted by Gasteiger charge is -2.29. The summed E-state index contributed by atoms with van der Waals surface area (Å²) < 4.78 is 16.5. The molecule has 0 atom stereocenters. The minimum atomic E-state index is -0.474. The Bertz CT molecular complexity index is 973. The summed E-state index contributed by atoms with van der Waals surface area (Å²) in [4.78, 5) is 26.8. The number of hydrogen-bond acceptors (Lipinski definition) is 7. The van der Waals surface area contributed by atoms with E-state index in [1.807, 2.05) is 47.8 Å². The number of carbonyl (C=O) groups is 2. The number of nitrogens with zero attached hydrogens (tertiary/aromatic N) is 1. The molecular formula is C24H27NO5S2. The predicted molar refractivity (Wildman–Crippen MR) is 128 cm³/mol. The van der Waals surface area contributed by atoms with E-state index in [1.165, 1.54) is 23.5 Å². The van der Waals surface area contributed by atoms with Crippen molar-refractivity contribution in [2.75, 3.05) is 38.9 Å². The van der Waals surface area contributed by atoms with Gasteiger partial charge in [0.2, 0.25) is 0 Å². The summed E-state index contributed by atoms with van der Waals surface area (Å²) in [5.41, 5.74) is 3.83. The zero-order valence-corrected chi connectivity index (χ0v) is 19.9. The van der Waals surface area contributed by atoms with Crippen molar-refractivity contribution in [1.82, 2.24) is 4.90 Å². The molecule has 0 aromatic heterocycles. The van der Waals surface area contributed by atoms with Gasteiger partial charge in [0.1, 0.15) is 0 Å². The third-order valence-electron chi connectivity index (χ3n) is 5.64. The molecule has 170 valence electrons. The van der Waals surface area contributed by atoms with E-state index in [0.717, 1.165) is 11.1 Å². The summed E-state index contributed by atoms with van der Waals surface area (Å²) in [6, 6.07) is 11.4. The van der Waals surface area contributed by atoms with Crippen LogP contribution in [0.4, 0.5) is 0 Å². The molecule has 8 heteroatoms. The minimum absolute atomic E-state index is 0.203. The van der Waals surface area contributed by atoms with Crippen LogP contribution in [-0.2, 0) is 22.5 Å². The number of thioether (sulfide) groups is 2. The first-order valence-corrected chi connectivity index (χ1v) is 12.7. The molecule has 0 spiro atoms. The maximum atomic E-state index is 12.7. The van der Waals surface area contributed by atoms with Crippen LogP contribution in [0.1, 0.15) is 38.1 Å². The van der Waals surface area contributed by atoms with E-state index in [1.54, 1.807) is 31.3 Å². The average molecular weight is 474 g/mol. The Balaban J connectivity index is 1.32. The van der Waals surface area contributed by atoms with Crippen molar-refractivity contribution < 1.29 is 23.8 Å². The first-order valence-electron chi connectivity index (χ1n) is 10.6. The highest BCUT2D eigenvalue weighted by atomic mass is 32.2. The highest BCUT2D eigenvalue weighted by Gasteiger charge is 2.24. The number of rotatable bonds is 6. The monoisotopic (exact) mass is 473 g/mol. The van der Waals surface area contributed by atoms with E-state index >= 15 is 0 Å². The number of fused-ring (bicyclic) bond motifs is 1. The molecule has 0 bridgehead atoms. The van der Waals surface area contributed by atoms with Gasteiger partial charge in [-0.25, -0.2) is 4.79 Å². The minimum Gasteiger partial charge on any atom is -0.493 e. The van der Waals surface area contributed by atoms with Crippen LogP contribution in [0, 0.1) is 0 Å². The van der Waals surface area contributed by atoms with Crippen LogP contribution in [0.2, 0.25) is 0 Å².